The Balaban J connectivity index is 1.31. The van der Waals surface area contributed by atoms with Gasteiger partial charge in [0, 0.05) is 30.4 Å². The van der Waals surface area contributed by atoms with E-state index in [1.54, 1.807) is 17.1 Å². The first-order valence-corrected chi connectivity index (χ1v) is 11.7. The number of rotatable bonds is 7. The Morgan fingerprint density at radius 2 is 1.97 bits per heavy atom. The van der Waals surface area contributed by atoms with E-state index >= 15 is 0 Å². The van der Waals surface area contributed by atoms with Gasteiger partial charge in [-0.15, -0.1) is 0 Å². The number of nitrogens with zero attached hydrogens (tertiary/aromatic N) is 7. The first-order chi connectivity index (χ1) is 17.8. The average molecular weight is 529 g/mol. The molecule has 1 amide bonds. The fourth-order valence-corrected chi connectivity index (χ4v) is 4.07. The molecule has 0 saturated carbocycles. The van der Waals surface area contributed by atoms with E-state index in [4.69, 9.17) is 11.6 Å². The van der Waals surface area contributed by atoms with Gasteiger partial charge in [0.2, 0.25) is 0 Å². The van der Waals surface area contributed by atoms with Crippen LogP contribution in [0.2, 0.25) is 5.02 Å². The zero-order chi connectivity index (χ0) is 26.1. The molecule has 0 atom stereocenters. The summed E-state index contributed by atoms with van der Waals surface area (Å²) in [5, 5.41) is 6.50. The quantitative estimate of drug-likeness (QED) is 0.371. The van der Waals surface area contributed by atoms with Gasteiger partial charge in [-0.05, 0) is 19.4 Å². The third-order valence-electron chi connectivity index (χ3n) is 5.83. The number of halogens is 4. The number of hydrogen-bond acceptors (Lipinski definition) is 7. The van der Waals surface area contributed by atoms with Crippen LogP contribution >= 0.6 is 11.6 Å². The molecule has 13 heteroatoms. The summed E-state index contributed by atoms with van der Waals surface area (Å²) in [7, 11) is 0. The van der Waals surface area contributed by atoms with E-state index in [-0.39, 0.29) is 16.4 Å². The summed E-state index contributed by atoms with van der Waals surface area (Å²) in [6, 6.07) is 2.05. The maximum Gasteiger partial charge on any atom is 0.275 e. The molecule has 1 aliphatic rings. The molecule has 0 spiro atoms. The van der Waals surface area contributed by atoms with E-state index in [0.717, 1.165) is 55.5 Å². The Morgan fingerprint density at radius 1 is 1.16 bits per heavy atom. The molecule has 0 unspecified atom stereocenters. The minimum absolute atomic E-state index is 0.201. The summed E-state index contributed by atoms with van der Waals surface area (Å²) in [5.74, 6) is -0.863. The van der Waals surface area contributed by atoms with E-state index in [0.29, 0.717) is 17.9 Å². The summed E-state index contributed by atoms with van der Waals surface area (Å²) in [6.45, 7) is 4.20. The molecule has 1 aliphatic heterocycles. The lowest BCUT2D eigenvalue weighted by atomic mass is 10.0. The zero-order valence-corrected chi connectivity index (χ0v) is 20.3. The van der Waals surface area contributed by atoms with Gasteiger partial charge in [0.05, 0.1) is 59.1 Å². The van der Waals surface area contributed by atoms with Gasteiger partial charge < -0.3 is 10.2 Å². The molecule has 0 radical (unpaired) electrons. The van der Waals surface area contributed by atoms with Crippen molar-refractivity contribution >= 4 is 29.0 Å². The van der Waals surface area contributed by atoms with Crippen molar-refractivity contribution in [2.24, 2.45) is 0 Å². The molecule has 4 aromatic rings. The van der Waals surface area contributed by atoms with Crippen molar-refractivity contribution in [1.29, 1.82) is 0 Å². The highest BCUT2D eigenvalue weighted by Gasteiger charge is 2.23. The molecule has 1 saturated heterocycles. The normalized spacial score (nSPS) is 13.1. The van der Waals surface area contributed by atoms with Crippen LogP contribution in [0.1, 0.15) is 40.3 Å². The lowest BCUT2D eigenvalue weighted by molar-refractivity contribution is 0.102. The second kappa shape index (κ2) is 10.1. The van der Waals surface area contributed by atoms with Gasteiger partial charge in [-0.2, -0.15) is 5.10 Å². The van der Waals surface area contributed by atoms with Gasteiger partial charge in [0.15, 0.2) is 5.82 Å². The van der Waals surface area contributed by atoms with Crippen molar-refractivity contribution in [3.8, 4) is 11.3 Å². The van der Waals surface area contributed by atoms with Crippen LogP contribution in [-0.4, -0.2) is 48.7 Å². The van der Waals surface area contributed by atoms with E-state index in [9.17, 15) is 18.0 Å². The second-order valence-electron chi connectivity index (χ2n) is 8.41. The third-order valence-corrected chi connectivity index (χ3v) is 6.12. The summed E-state index contributed by atoms with van der Waals surface area (Å²) < 4.78 is 43.1. The fraction of sp³-hybridized carbons (Fsp3) is 0.250. The number of carbonyl (C=O) groups excluding carboxylic acids is 1. The number of carbonyl (C=O) groups is 1. The molecule has 5 rings (SSSR count). The maximum atomic E-state index is 14.6. The summed E-state index contributed by atoms with van der Waals surface area (Å²) in [5.41, 5.74) is 0.353. The number of hydrogen-bond donors (Lipinski definition) is 1. The predicted octanol–water partition coefficient (Wildman–Crippen LogP) is 4.68. The van der Waals surface area contributed by atoms with Crippen molar-refractivity contribution in [2.45, 2.75) is 26.3 Å². The predicted molar refractivity (Wildman–Crippen MR) is 130 cm³/mol. The zero-order valence-electron chi connectivity index (χ0n) is 19.5. The van der Waals surface area contributed by atoms with Crippen LogP contribution in [0.5, 0.6) is 0 Å². The minimum atomic E-state index is -2.98. The van der Waals surface area contributed by atoms with Gasteiger partial charge >= 0.3 is 0 Å². The summed E-state index contributed by atoms with van der Waals surface area (Å²) >= 11 is 5.78. The van der Waals surface area contributed by atoms with Crippen molar-refractivity contribution in [2.75, 3.05) is 23.3 Å². The third kappa shape index (κ3) is 5.10. The highest BCUT2D eigenvalue weighted by Crippen LogP contribution is 2.35. The van der Waals surface area contributed by atoms with Crippen molar-refractivity contribution in [3.05, 3.63) is 76.6 Å². The van der Waals surface area contributed by atoms with Crippen molar-refractivity contribution in [3.63, 3.8) is 0 Å². The van der Waals surface area contributed by atoms with E-state index < -0.39 is 29.3 Å². The van der Waals surface area contributed by atoms with Gasteiger partial charge in [0.1, 0.15) is 11.5 Å². The molecule has 0 bridgehead atoms. The molecular formula is C24H20ClF3N8O. The van der Waals surface area contributed by atoms with Crippen LogP contribution in [0, 0.1) is 12.7 Å². The lowest BCUT2D eigenvalue weighted by Crippen LogP contribution is -2.38. The summed E-state index contributed by atoms with van der Waals surface area (Å²) in [6.07, 6.45) is 5.14. The minimum Gasteiger partial charge on any atom is -0.355 e. The number of aromatic nitrogens is 6. The standard InChI is InChI=1S/C24H20ClF3N8O/c1-13-23(35-5-2-6-35)30-7-14(32-13)11-36-12-15(8-31-36)33-24(37)19-10-29-9-18(34-19)20-16(22(27)28)3-4-17(25)21(20)26/h3-4,7-10,12,22H,2,5-6,11H2,1H3,(H,33,37). The Kier molecular flexibility index (Phi) is 6.74. The largest absolute Gasteiger partial charge is 0.355 e. The Morgan fingerprint density at radius 3 is 2.68 bits per heavy atom. The second-order valence-corrected chi connectivity index (χ2v) is 8.81. The number of aryl methyl sites for hydroxylation is 1. The maximum absolute atomic E-state index is 14.6. The Bertz CT molecular complexity index is 1470. The van der Waals surface area contributed by atoms with Crippen LogP contribution in [0.4, 0.5) is 24.7 Å². The van der Waals surface area contributed by atoms with Gasteiger partial charge in [-0.3, -0.25) is 19.4 Å². The highest BCUT2D eigenvalue weighted by atomic mass is 35.5. The molecule has 0 aliphatic carbocycles. The van der Waals surface area contributed by atoms with E-state index in [2.05, 4.69) is 35.3 Å². The highest BCUT2D eigenvalue weighted by molar-refractivity contribution is 6.31. The van der Waals surface area contributed by atoms with Crippen LogP contribution in [-0.2, 0) is 6.54 Å². The molecule has 190 valence electrons. The number of anilines is 2. The van der Waals surface area contributed by atoms with Crippen LogP contribution in [0.3, 0.4) is 0 Å². The first-order valence-electron chi connectivity index (χ1n) is 11.3. The molecular weight excluding hydrogens is 509 g/mol. The molecule has 3 aromatic heterocycles. The SMILES string of the molecule is Cc1nc(Cn2cc(NC(=O)c3cncc(-c4c(C(F)F)ccc(Cl)c4F)n3)cn2)cnc1N1CCC1. The van der Waals surface area contributed by atoms with Gasteiger partial charge in [0.25, 0.3) is 12.3 Å². The molecule has 4 heterocycles. The average Bonchev–Trinajstić information content (AvgIpc) is 3.27. The van der Waals surface area contributed by atoms with Crippen molar-refractivity contribution < 1.29 is 18.0 Å². The van der Waals surface area contributed by atoms with Crippen molar-refractivity contribution in [1.82, 2.24) is 29.7 Å². The molecule has 1 N–H and O–H groups in total. The monoisotopic (exact) mass is 528 g/mol. The van der Waals surface area contributed by atoms with Gasteiger partial charge in [-0.1, -0.05) is 17.7 Å². The first kappa shape index (κ1) is 24.6. The summed E-state index contributed by atoms with van der Waals surface area (Å²) in [4.78, 5) is 32.0. The number of nitrogens with one attached hydrogen (secondary N) is 1. The molecule has 1 fully saturated rings. The Hall–Kier alpha value is -4.06. The topological polar surface area (TPSA) is 102 Å². The van der Waals surface area contributed by atoms with Crippen LogP contribution < -0.4 is 10.2 Å². The fourth-order valence-electron chi connectivity index (χ4n) is 3.92. The van der Waals surface area contributed by atoms with Crippen LogP contribution in [0.25, 0.3) is 11.3 Å². The number of benzene rings is 1. The molecule has 9 nitrogen and oxygen atoms in total. The molecule has 37 heavy (non-hydrogen) atoms. The van der Waals surface area contributed by atoms with Crippen LogP contribution in [0.15, 0.2) is 43.1 Å². The lowest BCUT2D eigenvalue weighted by Gasteiger charge is -2.32. The number of amides is 1. The Labute approximate surface area is 214 Å². The smallest absolute Gasteiger partial charge is 0.275 e. The van der Waals surface area contributed by atoms with Gasteiger partial charge in [-0.25, -0.2) is 23.1 Å². The van der Waals surface area contributed by atoms with E-state index in [1.165, 1.54) is 6.20 Å². The van der Waals surface area contributed by atoms with E-state index in [1.807, 2.05) is 6.92 Å². The molecule has 1 aromatic carbocycles. The number of alkyl halides is 2.